The van der Waals surface area contributed by atoms with Crippen LogP contribution in [0.5, 0.6) is 6.01 Å². The highest BCUT2D eigenvalue weighted by Gasteiger charge is 2.18. The largest absolute Gasteiger partial charge is 0.463 e. The van der Waals surface area contributed by atoms with Crippen molar-refractivity contribution in [3.8, 4) is 6.01 Å². The smallest absolute Gasteiger partial charge is 0.322 e. The first-order valence-electron chi connectivity index (χ1n) is 7.26. The first kappa shape index (κ1) is 14.7. The molecule has 2 aliphatic heterocycles. The van der Waals surface area contributed by atoms with E-state index in [2.05, 4.69) is 15.0 Å². The van der Waals surface area contributed by atoms with Crippen LogP contribution in [-0.2, 0) is 9.47 Å². The van der Waals surface area contributed by atoms with E-state index in [1.165, 1.54) is 0 Å². The van der Waals surface area contributed by atoms with Crippen LogP contribution in [0.25, 0.3) is 0 Å². The summed E-state index contributed by atoms with van der Waals surface area (Å²) in [5, 5.41) is 0.161. The molecule has 2 saturated heterocycles. The summed E-state index contributed by atoms with van der Waals surface area (Å²) < 4.78 is 16.4. The number of rotatable bonds is 4. The number of morpholine rings is 1. The van der Waals surface area contributed by atoms with E-state index in [0.29, 0.717) is 37.7 Å². The molecule has 0 aliphatic carbocycles. The van der Waals surface area contributed by atoms with Gasteiger partial charge in [0, 0.05) is 26.3 Å². The fourth-order valence-corrected chi connectivity index (χ4v) is 2.54. The Labute approximate surface area is 128 Å². The number of nitrogens with zero attached hydrogens (tertiary/aromatic N) is 4. The van der Waals surface area contributed by atoms with Crippen LogP contribution in [0.1, 0.15) is 12.8 Å². The summed E-state index contributed by atoms with van der Waals surface area (Å²) in [5.41, 5.74) is 0. The van der Waals surface area contributed by atoms with Gasteiger partial charge in [0.15, 0.2) is 0 Å². The molecule has 1 aromatic heterocycles. The third-order valence-corrected chi connectivity index (χ3v) is 3.83. The molecular weight excluding hydrogens is 296 g/mol. The van der Waals surface area contributed by atoms with Gasteiger partial charge in [-0.3, -0.25) is 0 Å². The zero-order valence-electron chi connectivity index (χ0n) is 11.8. The van der Waals surface area contributed by atoms with Gasteiger partial charge in [0.05, 0.1) is 19.8 Å². The summed E-state index contributed by atoms with van der Waals surface area (Å²) in [6.07, 6.45) is 2.02. The lowest BCUT2D eigenvalue weighted by atomic mass is 10.0. The summed E-state index contributed by atoms with van der Waals surface area (Å²) in [7, 11) is 0. The van der Waals surface area contributed by atoms with E-state index in [-0.39, 0.29) is 5.28 Å². The van der Waals surface area contributed by atoms with Crippen molar-refractivity contribution < 1.29 is 14.2 Å². The number of halogens is 1. The summed E-state index contributed by atoms with van der Waals surface area (Å²) in [4.78, 5) is 14.6. The highest BCUT2D eigenvalue weighted by molar-refractivity contribution is 6.28. The van der Waals surface area contributed by atoms with Crippen molar-refractivity contribution in [2.45, 2.75) is 12.8 Å². The van der Waals surface area contributed by atoms with Gasteiger partial charge in [-0.2, -0.15) is 15.0 Å². The molecule has 2 fully saturated rings. The molecule has 0 unspecified atom stereocenters. The summed E-state index contributed by atoms with van der Waals surface area (Å²) >= 11 is 5.97. The molecule has 1 aromatic rings. The molecule has 2 aliphatic rings. The molecule has 0 atom stereocenters. The van der Waals surface area contributed by atoms with E-state index in [4.69, 9.17) is 25.8 Å². The van der Waals surface area contributed by atoms with Gasteiger partial charge >= 0.3 is 6.01 Å². The van der Waals surface area contributed by atoms with E-state index in [0.717, 1.165) is 39.1 Å². The van der Waals surface area contributed by atoms with E-state index in [9.17, 15) is 0 Å². The molecule has 7 nitrogen and oxygen atoms in total. The molecule has 0 aromatic carbocycles. The molecule has 0 N–H and O–H groups in total. The molecule has 0 radical (unpaired) electrons. The minimum atomic E-state index is 0.161. The number of aromatic nitrogens is 3. The Morgan fingerprint density at radius 1 is 1.05 bits per heavy atom. The predicted octanol–water partition coefficient (Wildman–Crippen LogP) is 1.17. The van der Waals surface area contributed by atoms with Crippen molar-refractivity contribution in [2.75, 3.05) is 51.0 Å². The second-order valence-electron chi connectivity index (χ2n) is 5.15. The Balaban J connectivity index is 1.62. The topological polar surface area (TPSA) is 69.6 Å². The van der Waals surface area contributed by atoms with E-state index < -0.39 is 0 Å². The van der Waals surface area contributed by atoms with Crippen LogP contribution in [0, 0.1) is 5.92 Å². The lowest BCUT2D eigenvalue weighted by molar-refractivity contribution is 0.0482. The van der Waals surface area contributed by atoms with Gasteiger partial charge in [0.25, 0.3) is 0 Å². The van der Waals surface area contributed by atoms with Crippen molar-refractivity contribution in [3.63, 3.8) is 0 Å². The molecule has 0 spiro atoms. The third-order valence-electron chi connectivity index (χ3n) is 3.66. The fourth-order valence-electron chi connectivity index (χ4n) is 2.40. The summed E-state index contributed by atoms with van der Waals surface area (Å²) in [5.74, 6) is 1.04. The SMILES string of the molecule is Clc1nc(OCC2CCOCC2)nc(N2CCOCC2)n1. The van der Waals surface area contributed by atoms with Crippen LogP contribution in [-0.4, -0.2) is 61.1 Å². The Morgan fingerprint density at radius 3 is 2.52 bits per heavy atom. The molecule has 3 heterocycles. The van der Waals surface area contributed by atoms with Crippen LogP contribution >= 0.6 is 11.6 Å². The third kappa shape index (κ3) is 4.15. The molecule has 8 heteroatoms. The van der Waals surface area contributed by atoms with E-state index in [1.54, 1.807) is 0 Å². The Kier molecular flexibility index (Phi) is 5.05. The second kappa shape index (κ2) is 7.20. The highest BCUT2D eigenvalue weighted by Crippen LogP contribution is 2.19. The lowest BCUT2D eigenvalue weighted by Crippen LogP contribution is -2.37. The normalized spacial score (nSPS) is 20.5. The molecule has 116 valence electrons. The quantitative estimate of drug-likeness (QED) is 0.826. The first-order valence-corrected chi connectivity index (χ1v) is 7.64. The van der Waals surface area contributed by atoms with Gasteiger partial charge in [-0.25, -0.2) is 0 Å². The van der Waals surface area contributed by atoms with Gasteiger partial charge < -0.3 is 19.1 Å². The van der Waals surface area contributed by atoms with Crippen LogP contribution in [0.15, 0.2) is 0 Å². The van der Waals surface area contributed by atoms with Gasteiger partial charge in [-0.05, 0) is 30.4 Å². The number of hydrogen-bond donors (Lipinski definition) is 0. The minimum absolute atomic E-state index is 0.161. The maximum Gasteiger partial charge on any atom is 0.322 e. The lowest BCUT2D eigenvalue weighted by Gasteiger charge is -2.27. The zero-order chi connectivity index (χ0) is 14.5. The van der Waals surface area contributed by atoms with Gasteiger partial charge in [-0.1, -0.05) is 0 Å². The monoisotopic (exact) mass is 314 g/mol. The first-order chi connectivity index (χ1) is 10.3. The van der Waals surface area contributed by atoms with Crippen molar-refractivity contribution >= 4 is 17.5 Å². The summed E-state index contributed by atoms with van der Waals surface area (Å²) in [6, 6.07) is 0.294. The predicted molar refractivity (Wildman–Crippen MR) is 76.9 cm³/mol. The van der Waals surface area contributed by atoms with Crippen molar-refractivity contribution in [3.05, 3.63) is 5.28 Å². The van der Waals surface area contributed by atoms with Crippen LogP contribution in [0.4, 0.5) is 5.95 Å². The van der Waals surface area contributed by atoms with Crippen LogP contribution in [0.2, 0.25) is 5.28 Å². The number of hydrogen-bond acceptors (Lipinski definition) is 7. The number of ether oxygens (including phenoxy) is 3. The Bertz CT molecular complexity index is 465. The zero-order valence-corrected chi connectivity index (χ0v) is 12.6. The Morgan fingerprint density at radius 2 is 1.76 bits per heavy atom. The highest BCUT2D eigenvalue weighted by atomic mass is 35.5. The maximum atomic E-state index is 5.97. The molecule has 0 amide bonds. The molecule has 0 bridgehead atoms. The second-order valence-corrected chi connectivity index (χ2v) is 5.49. The average molecular weight is 315 g/mol. The average Bonchev–Trinajstić information content (AvgIpc) is 2.54. The van der Waals surface area contributed by atoms with Crippen molar-refractivity contribution in [1.29, 1.82) is 0 Å². The molecule has 21 heavy (non-hydrogen) atoms. The van der Waals surface area contributed by atoms with Crippen LogP contribution < -0.4 is 9.64 Å². The summed E-state index contributed by atoms with van der Waals surface area (Å²) in [6.45, 7) is 5.02. The van der Waals surface area contributed by atoms with E-state index in [1.807, 2.05) is 4.90 Å². The Hall–Kier alpha value is -1.18. The molecular formula is C13H19ClN4O3. The van der Waals surface area contributed by atoms with Crippen molar-refractivity contribution in [2.24, 2.45) is 5.92 Å². The fraction of sp³-hybridized carbons (Fsp3) is 0.769. The van der Waals surface area contributed by atoms with Crippen LogP contribution in [0.3, 0.4) is 0 Å². The van der Waals surface area contributed by atoms with Crippen molar-refractivity contribution in [1.82, 2.24) is 15.0 Å². The molecule has 0 saturated carbocycles. The number of anilines is 1. The van der Waals surface area contributed by atoms with Gasteiger partial charge in [-0.15, -0.1) is 0 Å². The maximum absolute atomic E-state index is 5.97. The van der Waals surface area contributed by atoms with E-state index >= 15 is 0 Å². The minimum Gasteiger partial charge on any atom is -0.463 e. The van der Waals surface area contributed by atoms with Gasteiger partial charge in [0.2, 0.25) is 11.2 Å². The standard InChI is InChI=1S/C13H19ClN4O3/c14-11-15-12(18-3-7-20-8-4-18)17-13(16-11)21-9-10-1-5-19-6-2-10/h10H,1-9H2. The molecule has 3 rings (SSSR count). The van der Waals surface area contributed by atoms with Gasteiger partial charge in [0.1, 0.15) is 0 Å².